The minimum atomic E-state index is -0.101. The van der Waals surface area contributed by atoms with Crippen molar-refractivity contribution < 1.29 is 9.21 Å². The quantitative estimate of drug-likeness (QED) is 0.611. The molecule has 3 aromatic heterocycles. The number of fused-ring (bicyclic) bond motifs is 1. The molecular formula is C13H9NO2. The van der Waals surface area contributed by atoms with Crippen molar-refractivity contribution in [2.45, 2.75) is 0 Å². The molecule has 0 N–H and O–H groups in total. The first-order valence-electron chi connectivity index (χ1n) is 5.00. The summed E-state index contributed by atoms with van der Waals surface area (Å²) in [6, 6.07) is 12.9. The van der Waals surface area contributed by atoms with Crippen LogP contribution in [0.25, 0.3) is 5.52 Å². The highest BCUT2D eigenvalue weighted by Crippen LogP contribution is 2.14. The van der Waals surface area contributed by atoms with E-state index in [1.165, 1.54) is 6.26 Å². The summed E-state index contributed by atoms with van der Waals surface area (Å²) in [7, 11) is 0. The Morgan fingerprint density at radius 1 is 1.06 bits per heavy atom. The van der Waals surface area contributed by atoms with E-state index in [9.17, 15) is 4.79 Å². The van der Waals surface area contributed by atoms with Gasteiger partial charge in [-0.25, -0.2) is 0 Å². The van der Waals surface area contributed by atoms with E-state index in [0.717, 1.165) is 5.52 Å². The third-order valence-electron chi connectivity index (χ3n) is 2.54. The second-order valence-electron chi connectivity index (χ2n) is 3.52. The minimum absolute atomic E-state index is 0.101. The van der Waals surface area contributed by atoms with Crippen LogP contribution in [0.15, 0.2) is 59.3 Å². The van der Waals surface area contributed by atoms with E-state index >= 15 is 0 Å². The lowest BCUT2D eigenvalue weighted by Gasteiger charge is -1.99. The number of ketones is 1. The zero-order valence-electron chi connectivity index (χ0n) is 8.46. The SMILES string of the molecule is O=C(c1ccco1)c1ccc2ccccn12. The lowest BCUT2D eigenvalue weighted by atomic mass is 10.2. The van der Waals surface area contributed by atoms with E-state index in [4.69, 9.17) is 4.42 Å². The van der Waals surface area contributed by atoms with Crippen molar-refractivity contribution in [3.05, 3.63) is 66.4 Å². The van der Waals surface area contributed by atoms with E-state index in [2.05, 4.69) is 0 Å². The Balaban J connectivity index is 2.16. The Labute approximate surface area is 91.9 Å². The number of hydrogen-bond donors (Lipinski definition) is 0. The smallest absolute Gasteiger partial charge is 0.244 e. The molecule has 3 heterocycles. The van der Waals surface area contributed by atoms with E-state index in [-0.39, 0.29) is 5.78 Å². The summed E-state index contributed by atoms with van der Waals surface area (Å²) in [6.07, 6.45) is 3.37. The first-order chi connectivity index (χ1) is 7.86. The van der Waals surface area contributed by atoms with Crippen molar-refractivity contribution in [2.24, 2.45) is 0 Å². The maximum Gasteiger partial charge on any atom is 0.244 e. The van der Waals surface area contributed by atoms with Gasteiger partial charge in [0, 0.05) is 11.7 Å². The minimum Gasteiger partial charge on any atom is -0.461 e. The molecule has 3 aromatic rings. The molecule has 0 unspecified atom stereocenters. The number of nitrogens with zero attached hydrogens (tertiary/aromatic N) is 1. The predicted molar refractivity (Wildman–Crippen MR) is 59.5 cm³/mol. The van der Waals surface area contributed by atoms with Crippen LogP contribution in [0.4, 0.5) is 0 Å². The fourth-order valence-electron chi connectivity index (χ4n) is 1.78. The molecule has 0 atom stereocenters. The Kier molecular flexibility index (Phi) is 1.90. The van der Waals surface area contributed by atoms with Crippen LogP contribution in [0.2, 0.25) is 0 Å². The van der Waals surface area contributed by atoms with Crippen LogP contribution in [0.5, 0.6) is 0 Å². The molecule has 0 spiro atoms. The molecule has 16 heavy (non-hydrogen) atoms. The molecular weight excluding hydrogens is 202 g/mol. The zero-order valence-corrected chi connectivity index (χ0v) is 8.46. The normalized spacial score (nSPS) is 10.8. The van der Waals surface area contributed by atoms with E-state index in [0.29, 0.717) is 11.5 Å². The lowest BCUT2D eigenvalue weighted by Crippen LogP contribution is -2.03. The van der Waals surface area contributed by atoms with Crippen LogP contribution >= 0.6 is 0 Å². The van der Waals surface area contributed by atoms with E-state index < -0.39 is 0 Å². The second kappa shape index (κ2) is 3.38. The molecule has 0 saturated carbocycles. The van der Waals surface area contributed by atoms with Crippen molar-refractivity contribution in [1.29, 1.82) is 0 Å². The van der Waals surface area contributed by atoms with Crippen LogP contribution in [0.3, 0.4) is 0 Å². The fraction of sp³-hybridized carbons (Fsp3) is 0. The average molecular weight is 211 g/mol. The summed E-state index contributed by atoms with van der Waals surface area (Å²) < 4.78 is 6.96. The van der Waals surface area contributed by atoms with Crippen molar-refractivity contribution in [1.82, 2.24) is 4.40 Å². The third kappa shape index (κ3) is 1.26. The molecule has 0 aromatic carbocycles. The number of carbonyl (C=O) groups excluding carboxylic acids is 1. The molecule has 3 heteroatoms. The Morgan fingerprint density at radius 3 is 2.81 bits per heavy atom. The zero-order chi connectivity index (χ0) is 11.0. The fourth-order valence-corrected chi connectivity index (χ4v) is 1.78. The molecule has 0 radical (unpaired) electrons. The highest BCUT2D eigenvalue weighted by atomic mass is 16.3. The average Bonchev–Trinajstić information content (AvgIpc) is 2.98. The molecule has 0 aliphatic carbocycles. The maximum atomic E-state index is 12.1. The van der Waals surface area contributed by atoms with Gasteiger partial charge < -0.3 is 8.82 Å². The molecule has 3 nitrogen and oxygen atoms in total. The Morgan fingerprint density at radius 2 is 2.00 bits per heavy atom. The van der Waals surface area contributed by atoms with Gasteiger partial charge >= 0.3 is 0 Å². The number of carbonyl (C=O) groups is 1. The van der Waals surface area contributed by atoms with Gasteiger partial charge in [0.15, 0.2) is 5.76 Å². The molecule has 0 fully saturated rings. The summed E-state index contributed by atoms with van der Waals surface area (Å²) in [5.74, 6) is 0.264. The van der Waals surface area contributed by atoms with Gasteiger partial charge in [0.05, 0.1) is 12.0 Å². The van der Waals surface area contributed by atoms with Crippen LogP contribution < -0.4 is 0 Å². The van der Waals surface area contributed by atoms with Crippen molar-refractivity contribution in [3.63, 3.8) is 0 Å². The first-order valence-corrected chi connectivity index (χ1v) is 5.00. The molecule has 0 aliphatic heterocycles. The summed E-state index contributed by atoms with van der Waals surface area (Å²) in [5, 5.41) is 0. The topological polar surface area (TPSA) is 34.6 Å². The number of rotatable bonds is 2. The van der Waals surface area contributed by atoms with Crippen LogP contribution in [-0.4, -0.2) is 10.2 Å². The standard InChI is InChI=1S/C13H9NO2/c15-13(12-5-3-9-16-12)11-7-6-10-4-1-2-8-14(10)11/h1-9H. The molecule has 0 saturated heterocycles. The number of hydrogen-bond acceptors (Lipinski definition) is 2. The summed E-state index contributed by atoms with van der Waals surface area (Å²) in [5.41, 5.74) is 1.61. The molecule has 0 amide bonds. The molecule has 78 valence electrons. The summed E-state index contributed by atoms with van der Waals surface area (Å²) in [6.45, 7) is 0. The van der Waals surface area contributed by atoms with Gasteiger partial charge in [0.25, 0.3) is 0 Å². The van der Waals surface area contributed by atoms with Gasteiger partial charge in [-0.2, -0.15) is 0 Å². The summed E-state index contributed by atoms with van der Waals surface area (Å²) >= 11 is 0. The highest BCUT2D eigenvalue weighted by molar-refractivity contribution is 6.06. The monoisotopic (exact) mass is 211 g/mol. The Hall–Kier alpha value is -2.29. The second-order valence-corrected chi connectivity index (χ2v) is 3.52. The molecule has 3 rings (SSSR count). The number of pyridine rings is 1. The van der Waals surface area contributed by atoms with Crippen molar-refractivity contribution in [3.8, 4) is 0 Å². The van der Waals surface area contributed by atoms with Gasteiger partial charge in [-0.05, 0) is 36.4 Å². The largest absolute Gasteiger partial charge is 0.461 e. The van der Waals surface area contributed by atoms with Gasteiger partial charge in [0.2, 0.25) is 5.78 Å². The highest BCUT2D eigenvalue weighted by Gasteiger charge is 2.14. The van der Waals surface area contributed by atoms with E-state index in [1.54, 1.807) is 18.2 Å². The van der Waals surface area contributed by atoms with E-state index in [1.807, 2.05) is 34.9 Å². The van der Waals surface area contributed by atoms with Crippen molar-refractivity contribution >= 4 is 11.3 Å². The molecule has 0 bridgehead atoms. The van der Waals surface area contributed by atoms with Crippen LogP contribution in [0, 0.1) is 0 Å². The maximum absolute atomic E-state index is 12.1. The summed E-state index contributed by atoms with van der Waals surface area (Å²) in [4.78, 5) is 12.1. The van der Waals surface area contributed by atoms with Gasteiger partial charge in [-0.1, -0.05) is 6.07 Å². The van der Waals surface area contributed by atoms with Crippen LogP contribution in [0.1, 0.15) is 16.2 Å². The van der Waals surface area contributed by atoms with Gasteiger partial charge in [0.1, 0.15) is 0 Å². The van der Waals surface area contributed by atoms with Crippen LogP contribution in [-0.2, 0) is 0 Å². The number of furan rings is 1. The lowest BCUT2D eigenvalue weighted by molar-refractivity contribution is 0.100. The first kappa shape index (κ1) is 8.97. The van der Waals surface area contributed by atoms with Gasteiger partial charge in [-0.3, -0.25) is 4.79 Å². The van der Waals surface area contributed by atoms with Gasteiger partial charge in [-0.15, -0.1) is 0 Å². The van der Waals surface area contributed by atoms with Crippen molar-refractivity contribution in [2.75, 3.05) is 0 Å². The number of aromatic nitrogens is 1. The molecule has 0 aliphatic rings. The third-order valence-corrected chi connectivity index (χ3v) is 2.54. The Bertz CT molecular complexity index is 635. The predicted octanol–water partition coefficient (Wildman–Crippen LogP) is 2.76.